The lowest BCUT2D eigenvalue weighted by Crippen LogP contribution is -2.29. The molecule has 0 saturated carbocycles. The van der Waals surface area contributed by atoms with Gasteiger partial charge in [0, 0.05) is 45.1 Å². The molecule has 0 spiro atoms. The van der Waals surface area contributed by atoms with E-state index < -0.39 is 0 Å². The highest BCUT2D eigenvalue weighted by Gasteiger charge is 2.11. The maximum atomic E-state index is 4.33. The number of nitrogens with zero attached hydrogens (tertiary/aromatic N) is 3. The van der Waals surface area contributed by atoms with Crippen LogP contribution in [0.3, 0.4) is 0 Å². The molecule has 2 heterocycles. The lowest BCUT2D eigenvalue weighted by Gasteiger charge is -2.29. The molecule has 81 valence electrons. The van der Waals surface area contributed by atoms with Crippen LogP contribution in [0.15, 0.2) is 18.3 Å². The van der Waals surface area contributed by atoms with Gasteiger partial charge in [0.2, 0.25) is 0 Å². The van der Waals surface area contributed by atoms with Crippen LogP contribution < -0.4 is 9.80 Å². The molecule has 0 aliphatic carbocycles. The molecule has 0 aromatic carbocycles. The van der Waals surface area contributed by atoms with Gasteiger partial charge in [-0.25, -0.2) is 4.98 Å². The van der Waals surface area contributed by atoms with E-state index in [-0.39, 0.29) is 0 Å². The van der Waals surface area contributed by atoms with E-state index in [4.69, 9.17) is 0 Å². The summed E-state index contributed by atoms with van der Waals surface area (Å²) in [6.45, 7) is 2.27. The quantitative estimate of drug-likeness (QED) is 0.734. The van der Waals surface area contributed by atoms with E-state index in [0.717, 1.165) is 18.9 Å². The number of hydrogen-bond acceptors (Lipinski definition) is 3. The van der Waals surface area contributed by atoms with E-state index in [1.54, 1.807) is 0 Å². The van der Waals surface area contributed by atoms with Crippen LogP contribution in [0.25, 0.3) is 0 Å². The van der Waals surface area contributed by atoms with Crippen LogP contribution in [0.5, 0.6) is 0 Å². The topological polar surface area (TPSA) is 19.4 Å². The first-order valence-corrected chi connectivity index (χ1v) is 5.47. The molecule has 0 bridgehead atoms. The normalized spacial score (nSPS) is 16.5. The molecule has 3 nitrogen and oxygen atoms in total. The van der Waals surface area contributed by atoms with Crippen molar-refractivity contribution in [3.63, 3.8) is 0 Å². The molecule has 0 atom stereocenters. The highest BCUT2D eigenvalue weighted by Crippen LogP contribution is 2.21. The molecular weight excluding hydrogens is 186 g/mol. The van der Waals surface area contributed by atoms with Gasteiger partial charge in [0.15, 0.2) is 0 Å². The van der Waals surface area contributed by atoms with Crippen molar-refractivity contribution in [3.8, 4) is 0 Å². The molecule has 2 rings (SSSR count). The second kappa shape index (κ2) is 4.51. The Hall–Kier alpha value is -1.25. The SMILES string of the molecule is CN(C)c1cc(N2CC[CH]CC2)ccn1. The third-order valence-electron chi connectivity index (χ3n) is 2.76. The van der Waals surface area contributed by atoms with Crippen molar-refractivity contribution in [2.24, 2.45) is 0 Å². The van der Waals surface area contributed by atoms with Gasteiger partial charge in [-0.3, -0.25) is 0 Å². The number of hydrogen-bond donors (Lipinski definition) is 0. The fourth-order valence-corrected chi connectivity index (χ4v) is 1.86. The minimum absolute atomic E-state index is 1.03. The van der Waals surface area contributed by atoms with Crippen molar-refractivity contribution in [1.29, 1.82) is 0 Å². The van der Waals surface area contributed by atoms with Gasteiger partial charge in [0.05, 0.1) is 0 Å². The monoisotopic (exact) mass is 204 g/mol. The second-order valence-corrected chi connectivity index (χ2v) is 4.12. The van der Waals surface area contributed by atoms with Gasteiger partial charge in [-0.15, -0.1) is 0 Å². The van der Waals surface area contributed by atoms with Crippen molar-refractivity contribution in [2.75, 3.05) is 37.0 Å². The van der Waals surface area contributed by atoms with Crippen molar-refractivity contribution in [3.05, 3.63) is 24.8 Å². The first-order chi connectivity index (χ1) is 7.27. The van der Waals surface area contributed by atoms with E-state index in [2.05, 4.69) is 28.4 Å². The van der Waals surface area contributed by atoms with E-state index in [0.29, 0.717) is 0 Å². The van der Waals surface area contributed by atoms with Crippen molar-refractivity contribution in [1.82, 2.24) is 4.98 Å². The molecular formula is C12H18N3. The maximum Gasteiger partial charge on any atom is 0.130 e. The number of piperidine rings is 1. The van der Waals surface area contributed by atoms with Gasteiger partial charge in [0.1, 0.15) is 5.82 Å². The fraction of sp³-hybridized carbons (Fsp3) is 0.500. The maximum absolute atomic E-state index is 4.33. The zero-order valence-electron chi connectivity index (χ0n) is 9.48. The molecule has 0 unspecified atom stereocenters. The van der Waals surface area contributed by atoms with Gasteiger partial charge < -0.3 is 9.80 Å². The Bertz CT molecular complexity index is 316. The number of pyridine rings is 1. The highest BCUT2D eigenvalue weighted by atomic mass is 15.2. The number of rotatable bonds is 2. The Labute approximate surface area is 91.7 Å². The number of aromatic nitrogens is 1. The average molecular weight is 204 g/mol. The predicted octanol–water partition coefficient (Wildman–Crippen LogP) is 1.95. The molecule has 3 heteroatoms. The van der Waals surface area contributed by atoms with E-state index in [1.807, 2.05) is 25.2 Å². The summed E-state index contributed by atoms with van der Waals surface area (Å²) in [5, 5.41) is 0. The Morgan fingerprint density at radius 2 is 2.00 bits per heavy atom. The summed E-state index contributed by atoms with van der Waals surface area (Å²) < 4.78 is 0. The average Bonchev–Trinajstić information content (AvgIpc) is 2.30. The van der Waals surface area contributed by atoms with Crippen LogP contribution in [-0.2, 0) is 0 Å². The van der Waals surface area contributed by atoms with E-state index in [1.165, 1.54) is 18.5 Å². The minimum Gasteiger partial charge on any atom is -0.371 e. The first-order valence-electron chi connectivity index (χ1n) is 5.47. The fourth-order valence-electron chi connectivity index (χ4n) is 1.86. The second-order valence-electron chi connectivity index (χ2n) is 4.12. The predicted molar refractivity (Wildman–Crippen MR) is 64.3 cm³/mol. The summed E-state index contributed by atoms with van der Waals surface area (Å²) in [5.41, 5.74) is 1.29. The lowest BCUT2D eigenvalue weighted by molar-refractivity contribution is 0.678. The van der Waals surface area contributed by atoms with Crippen LogP contribution in [0, 0.1) is 6.42 Å². The minimum atomic E-state index is 1.03. The molecule has 1 saturated heterocycles. The number of anilines is 2. The van der Waals surface area contributed by atoms with Gasteiger partial charge in [-0.1, -0.05) is 0 Å². The molecule has 1 aromatic heterocycles. The Balaban J connectivity index is 2.16. The third-order valence-corrected chi connectivity index (χ3v) is 2.76. The zero-order chi connectivity index (χ0) is 10.7. The van der Waals surface area contributed by atoms with Gasteiger partial charge in [-0.05, 0) is 25.3 Å². The van der Waals surface area contributed by atoms with Crippen LogP contribution in [0.1, 0.15) is 12.8 Å². The molecule has 1 aliphatic rings. The van der Waals surface area contributed by atoms with Crippen molar-refractivity contribution < 1.29 is 0 Å². The molecule has 1 aromatic rings. The molecule has 1 radical (unpaired) electrons. The zero-order valence-corrected chi connectivity index (χ0v) is 9.48. The van der Waals surface area contributed by atoms with Crippen LogP contribution >= 0.6 is 0 Å². The highest BCUT2D eigenvalue weighted by molar-refractivity contribution is 5.54. The summed E-state index contributed by atoms with van der Waals surface area (Å²) in [6, 6.07) is 4.25. The van der Waals surface area contributed by atoms with Gasteiger partial charge >= 0.3 is 0 Å². The third kappa shape index (κ3) is 2.41. The summed E-state index contributed by atoms with van der Waals surface area (Å²) in [4.78, 5) is 8.79. The molecule has 1 aliphatic heterocycles. The van der Waals surface area contributed by atoms with Crippen LogP contribution in [0.4, 0.5) is 11.5 Å². The molecule has 0 amide bonds. The summed E-state index contributed by atoms with van der Waals surface area (Å²) in [5.74, 6) is 1.03. The van der Waals surface area contributed by atoms with Crippen LogP contribution in [0.2, 0.25) is 0 Å². The van der Waals surface area contributed by atoms with Gasteiger partial charge in [-0.2, -0.15) is 0 Å². The largest absolute Gasteiger partial charge is 0.371 e. The van der Waals surface area contributed by atoms with E-state index in [9.17, 15) is 0 Å². The standard InChI is InChI=1S/C12H18N3/c1-14(2)12-10-11(6-7-13-12)15-8-4-3-5-9-15/h3,6-7,10H,4-5,8-9H2,1-2H3. The Morgan fingerprint density at radius 3 is 2.67 bits per heavy atom. The Morgan fingerprint density at radius 1 is 1.27 bits per heavy atom. The summed E-state index contributed by atoms with van der Waals surface area (Å²) in [7, 11) is 4.05. The van der Waals surface area contributed by atoms with E-state index >= 15 is 0 Å². The van der Waals surface area contributed by atoms with Crippen molar-refractivity contribution >= 4 is 11.5 Å². The van der Waals surface area contributed by atoms with Gasteiger partial charge in [0.25, 0.3) is 0 Å². The molecule has 0 N–H and O–H groups in total. The first kappa shape index (κ1) is 10.3. The smallest absolute Gasteiger partial charge is 0.130 e. The lowest BCUT2D eigenvalue weighted by atomic mass is 10.1. The summed E-state index contributed by atoms with van der Waals surface area (Å²) in [6.07, 6.45) is 6.65. The Kier molecular flexibility index (Phi) is 3.09. The van der Waals surface area contributed by atoms with Crippen LogP contribution in [-0.4, -0.2) is 32.2 Å². The summed E-state index contributed by atoms with van der Waals surface area (Å²) >= 11 is 0. The molecule has 15 heavy (non-hydrogen) atoms. The molecule has 1 fully saturated rings. The van der Waals surface area contributed by atoms with Crippen molar-refractivity contribution in [2.45, 2.75) is 12.8 Å².